The van der Waals surface area contributed by atoms with E-state index >= 15 is 0 Å². The number of hydrogen-bond acceptors (Lipinski definition) is 7. The van der Waals surface area contributed by atoms with Crippen LogP contribution in [-0.2, 0) is 9.53 Å². The summed E-state index contributed by atoms with van der Waals surface area (Å²) in [4.78, 5) is 11.8. The van der Waals surface area contributed by atoms with Gasteiger partial charge in [-0.05, 0) is 12.1 Å². The molecule has 2 aromatic rings. The Labute approximate surface area is 131 Å². The van der Waals surface area contributed by atoms with Crippen molar-refractivity contribution in [2.24, 2.45) is 0 Å². The number of aromatic nitrogens is 2. The van der Waals surface area contributed by atoms with E-state index in [1.165, 1.54) is 23.1 Å². The maximum absolute atomic E-state index is 11.8. The third-order valence-electron chi connectivity index (χ3n) is 2.37. The molecule has 0 saturated carbocycles. The second-order valence-corrected chi connectivity index (χ2v) is 6.20. The van der Waals surface area contributed by atoms with Gasteiger partial charge in [-0.1, -0.05) is 41.3 Å². The maximum Gasteiger partial charge on any atom is 0.234 e. The van der Waals surface area contributed by atoms with E-state index in [1.807, 2.05) is 30.3 Å². The molecule has 1 aromatic heterocycles. The Hall–Kier alpha value is -1.64. The van der Waals surface area contributed by atoms with Gasteiger partial charge in [0.1, 0.15) is 0 Å². The second-order valence-electron chi connectivity index (χ2n) is 4.00. The number of amides is 1. The van der Waals surface area contributed by atoms with Crippen LogP contribution in [0.5, 0.6) is 0 Å². The molecular formula is C13H16N4O2S2. The van der Waals surface area contributed by atoms with Gasteiger partial charge in [0, 0.05) is 19.3 Å². The van der Waals surface area contributed by atoms with Gasteiger partial charge in [-0.3, -0.25) is 4.79 Å². The fourth-order valence-corrected chi connectivity index (χ4v) is 3.02. The topological polar surface area (TPSA) is 76.1 Å². The number of hydrogen-bond donors (Lipinski definition) is 2. The van der Waals surface area contributed by atoms with Gasteiger partial charge in [0.05, 0.1) is 12.4 Å². The molecule has 21 heavy (non-hydrogen) atoms. The normalized spacial score (nSPS) is 10.3. The molecule has 0 atom stereocenters. The lowest BCUT2D eigenvalue weighted by Crippen LogP contribution is -2.13. The number of carbonyl (C=O) groups excluding carboxylic acids is 1. The summed E-state index contributed by atoms with van der Waals surface area (Å²) in [6.07, 6.45) is 0. The van der Waals surface area contributed by atoms with Crippen molar-refractivity contribution in [3.8, 4) is 0 Å². The van der Waals surface area contributed by atoms with Gasteiger partial charge in [-0.2, -0.15) is 0 Å². The smallest absolute Gasteiger partial charge is 0.234 e. The van der Waals surface area contributed by atoms with Crippen molar-refractivity contribution >= 4 is 39.8 Å². The molecule has 1 amide bonds. The van der Waals surface area contributed by atoms with Crippen LogP contribution >= 0.6 is 23.1 Å². The third-order valence-corrected chi connectivity index (χ3v) is 4.39. The fraction of sp³-hybridized carbons (Fsp3) is 0.308. The standard InChI is InChI=1S/C13H16N4O2S2/c1-19-8-7-14-12-16-17-13(21-12)20-9-11(18)15-10-5-3-2-4-6-10/h2-6H,7-9H2,1H3,(H,14,16)(H,15,18). The molecular weight excluding hydrogens is 308 g/mol. The van der Waals surface area contributed by atoms with E-state index < -0.39 is 0 Å². The summed E-state index contributed by atoms with van der Waals surface area (Å²) >= 11 is 2.80. The molecule has 0 radical (unpaired) electrons. The molecule has 0 aliphatic rings. The van der Waals surface area contributed by atoms with Crippen LogP contribution in [0.15, 0.2) is 34.7 Å². The summed E-state index contributed by atoms with van der Waals surface area (Å²) < 4.78 is 5.70. The van der Waals surface area contributed by atoms with Crippen LogP contribution in [-0.4, -0.2) is 42.1 Å². The summed E-state index contributed by atoms with van der Waals surface area (Å²) in [6, 6.07) is 9.37. The number of para-hydroxylation sites is 1. The van der Waals surface area contributed by atoms with Gasteiger partial charge in [0.25, 0.3) is 0 Å². The third kappa shape index (κ3) is 5.70. The van der Waals surface area contributed by atoms with Gasteiger partial charge in [0.15, 0.2) is 4.34 Å². The van der Waals surface area contributed by atoms with Gasteiger partial charge in [-0.15, -0.1) is 10.2 Å². The van der Waals surface area contributed by atoms with E-state index in [0.717, 1.165) is 15.2 Å². The summed E-state index contributed by atoms with van der Waals surface area (Å²) in [5.74, 6) is 0.247. The van der Waals surface area contributed by atoms with Crippen molar-refractivity contribution in [1.29, 1.82) is 0 Å². The number of methoxy groups -OCH3 is 1. The van der Waals surface area contributed by atoms with Crippen LogP contribution in [0.3, 0.4) is 0 Å². The Kier molecular flexibility index (Phi) is 6.45. The fourth-order valence-electron chi connectivity index (χ4n) is 1.45. The molecule has 0 spiro atoms. The number of nitrogens with one attached hydrogen (secondary N) is 2. The van der Waals surface area contributed by atoms with Crippen molar-refractivity contribution in [1.82, 2.24) is 10.2 Å². The van der Waals surface area contributed by atoms with Crippen LogP contribution in [0.25, 0.3) is 0 Å². The molecule has 0 bridgehead atoms. The first-order valence-electron chi connectivity index (χ1n) is 6.32. The maximum atomic E-state index is 11.8. The molecule has 6 nitrogen and oxygen atoms in total. The Bertz CT molecular complexity index is 562. The van der Waals surface area contributed by atoms with Crippen LogP contribution in [0.2, 0.25) is 0 Å². The number of nitrogens with zero attached hydrogens (tertiary/aromatic N) is 2. The molecule has 0 aliphatic carbocycles. The predicted molar refractivity (Wildman–Crippen MR) is 86.1 cm³/mol. The second kappa shape index (κ2) is 8.60. The molecule has 1 heterocycles. The molecule has 1 aromatic carbocycles. The van der Waals surface area contributed by atoms with E-state index in [-0.39, 0.29) is 5.91 Å². The SMILES string of the molecule is COCCNc1nnc(SCC(=O)Nc2ccccc2)s1. The number of thioether (sulfide) groups is 1. The average molecular weight is 324 g/mol. The summed E-state index contributed by atoms with van der Waals surface area (Å²) in [5.41, 5.74) is 0.794. The van der Waals surface area contributed by atoms with Crippen LogP contribution < -0.4 is 10.6 Å². The molecule has 112 valence electrons. The molecule has 0 fully saturated rings. The lowest BCUT2D eigenvalue weighted by molar-refractivity contribution is -0.113. The van der Waals surface area contributed by atoms with Crippen molar-refractivity contribution in [3.05, 3.63) is 30.3 Å². The zero-order valence-electron chi connectivity index (χ0n) is 11.5. The van der Waals surface area contributed by atoms with Crippen molar-refractivity contribution in [3.63, 3.8) is 0 Å². The quantitative estimate of drug-likeness (QED) is 0.573. The zero-order valence-corrected chi connectivity index (χ0v) is 13.2. The first kappa shape index (κ1) is 15.7. The van der Waals surface area contributed by atoms with E-state index in [2.05, 4.69) is 20.8 Å². The number of ether oxygens (including phenoxy) is 1. The molecule has 0 unspecified atom stereocenters. The van der Waals surface area contributed by atoms with E-state index in [4.69, 9.17) is 4.74 Å². The molecule has 0 aliphatic heterocycles. The van der Waals surface area contributed by atoms with Crippen LogP contribution in [0.1, 0.15) is 0 Å². The highest BCUT2D eigenvalue weighted by Gasteiger charge is 2.08. The lowest BCUT2D eigenvalue weighted by Gasteiger charge is -2.03. The van der Waals surface area contributed by atoms with Crippen molar-refractivity contribution < 1.29 is 9.53 Å². The van der Waals surface area contributed by atoms with Crippen LogP contribution in [0.4, 0.5) is 10.8 Å². The minimum Gasteiger partial charge on any atom is -0.383 e. The Morgan fingerprint density at radius 3 is 2.90 bits per heavy atom. The minimum absolute atomic E-state index is 0.0599. The van der Waals surface area contributed by atoms with Gasteiger partial charge < -0.3 is 15.4 Å². The minimum atomic E-state index is -0.0599. The van der Waals surface area contributed by atoms with Gasteiger partial charge in [0.2, 0.25) is 11.0 Å². The van der Waals surface area contributed by atoms with Gasteiger partial charge in [-0.25, -0.2) is 0 Å². The Morgan fingerprint density at radius 2 is 2.14 bits per heavy atom. The summed E-state index contributed by atoms with van der Waals surface area (Å²) in [5, 5.41) is 14.7. The Morgan fingerprint density at radius 1 is 1.33 bits per heavy atom. The molecule has 8 heteroatoms. The number of anilines is 2. The first-order valence-corrected chi connectivity index (χ1v) is 8.12. The summed E-state index contributed by atoms with van der Waals surface area (Å²) in [6.45, 7) is 1.30. The van der Waals surface area contributed by atoms with Crippen molar-refractivity contribution in [2.45, 2.75) is 4.34 Å². The summed E-state index contributed by atoms with van der Waals surface area (Å²) in [7, 11) is 1.65. The van der Waals surface area contributed by atoms with E-state index in [9.17, 15) is 4.79 Å². The highest BCUT2D eigenvalue weighted by molar-refractivity contribution is 8.01. The molecule has 2 rings (SSSR count). The first-order chi connectivity index (χ1) is 10.3. The monoisotopic (exact) mass is 324 g/mol. The number of rotatable bonds is 8. The Balaban J connectivity index is 1.74. The average Bonchev–Trinajstić information content (AvgIpc) is 2.94. The number of benzene rings is 1. The highest BCUT2D eigenvalue weighted by atomic mass is 32.2. The van der Waals surface area contributed by atoms with E-state index in [1.54, 1.807) is 7.11 Å². The lowest BCUT2D eigenvalue weighted by atomic mass is 10.3. The number of carbonyl (C=O) groups is 1. The molecule has 0 saturated heterocycles. The van der Waals surface area contributed by atoms with Crippen molar-refractivity contribution in [2.75, 3.05) is 36.6 Å². The van der Waals surface area contributed by atoms with Gasteiger partial charge >= 0.3 is 0 Å². The zero-order chi connectivity index (χ0) is 14.9. The van der Waals surface area contributed by atoms with E-state index in [0.29, 0.717) is 18.9 Å². The highest BCUT2D eigenvalue weighted by Crippen LogP contribution is 2.25. The largest absolute Gasteiger partial charge is 0.383 e. The van der Waals surface area contributed by atoms with Crippen LogP contribution in [0, 0.1) is 0 Å². The molecule has 2 N–H and O–H groups in total. The predicted octanol–water partition coefficient (Wildman–Crippen LogP) is 2.33.